The number of carbonyl (C=O) groups excluding carboxylic acids is 1. The summed E-state index contributed by atoms with van der Waals surface area (Å²) in [6.45, 7) is 1.16. The lowest BCUT2D eigenvalue weighted by molar-refractivity contribution is -0.170. The molecule has 34 heavy (non-hydrogen) atoms. The molecular weight excluding hydrogens is 438 g/mol. The molecule has 0 bridgehead atoms. The number of aliphatic carboxylic acids is 1. The number of ether oxygens (including phenoxy) is 4. The highest BCUT2D eigenvalue weighted by molar-refractivity contribution is 5.81. The zero-order chi connectivity index (χ0) is 23.9. The minimum atomic E-state index is -1.17. The second-order valence-corrected chi connectivity index (χ2v) is 8.51. The highest BCUT2D eigenvalue weighted by Gasteiger charge is 2.32. The average Bonchev–Trinajstić information content (AvgIpc) is 3.18. The molecule has 1 unspecified atom stereocenters. The molecule has 1 aliphatic carbocycles. The van der Waals surface area contributed by atoms with Crippen LogP contribution in [0.25, 0.3) is 11.1 Å². The molecule has 2 aromatic rings. The Morgan fingerprint density at radius 1 is 1.06 bits per heavy atom. The van der Waals surface area contributed by atoms with E-state index in [-0.39, 0.29) is 32.0 Å². The van der Waals surface area contributed by atoms with Crippen molar-refractivity contribution in [3.05, 3.63) is 59.7 Å². The minimum absolute atomic E-state index is 0.0940. The van der Waals surface area contributed by atoms with Crippen LogP contribution in [-0.4, -0.2) is 74.5 Å². The number of fused-ring (bicyclic) bond motifs is 3. The number of likely N-dealkylation sites (N-methyl/N-ethyl adjacent to an activating group) is 1. The molecule has 0 radical (unpaired) electrons. The molecular formula is C26H31NO7. The summed E-state index contributed by atoms with van der Waals surface area (Å²) in [6, 6.07) is 14.9. The number of amides is 1. The standard InChI is InChI=1S/C26H31NO7/c1-27(23(25(28)29)17-31-14-15-33-24-12-6-7-13-32-24)26(30)34-16-22-20-10-4-2-8-18(20)19-9-3-5-11-21(19)22/h2-5,8-11,22-24H,6-7,12-17H2,1H3,(H,28,29)/t23-,24?/m0/s1. The van der Waals surface area contributed by atoms with Crippen molar-refractivity contribution in [2.45, 2.75) is 37.5 Å². The SMILES string of the molecule is CN(C(=O)OCC1c2ccccc2-c2ccccc21)[C@@H](COCCOC1CCCCO1)C(=O)O. The van der Waals surface area contributed by atoms with E-state index in [1.165, 1.54) is 7.05 Å². The van der Waals surface area contributed by atoms with Crippen LogP contribution in [0.3, 0.4) is 0 Å². The molecule has 2 aromatic carbocycles. The monoisotopic (exact) mass is 469 g/mol. The summed E-state index contributed by atoms with van der Waals surface area (Å²) in [5.41, 5.74) is 4.45. The average molecular weight is 470 g/mol. The first-order valence-electron chi connectivity index (χ1n) is 11.7. The molecule has 182 valence electrons. The second-order valence-electron chi connectivity index (χ2n) is 8.51. The molecule has 1 amide bonds. The molecule has 0 saturated carbocycles. The Morgan fingerprint density at radius 2 is 1.74 bits per heavy atom. The Balaban J connectivity index is 1.28. The highest BCUT2D eigenvalue weighted by Crippen LogP contribution is 2.44. The minimum Gasteiger partial charge on any atom is -0.480 e. The van der Waals surface area contributed by atoms with Gasteiger partial charge in [0, 0.05) is 19.6 Å². The van der Waals surface area contributed by atoms with Gasteiger partial charge in [0.25, 0.3) is 0 Å². The first-order chi connectivity index (χ1) is 16.6. The number of hydrogen-bond donors (Lipinski definition) is 1. The largest absolute Gasteiger partial charge is 0.480 e. The molecule has 0 spiro atoms. The Bertz CT molecular complexity index is 943. The quantitative estimate of drug-likeness (QED) is 0.528. The topological polar surface area (TPSA) is 94.5 Å². The molecule has 8 nitrogen and oxygen atoms in total. The van der Waals surface area contributed by atoms with E-state index in [1.807, 2.05) is 36.4 Å². The lowest BCUT2D eigenvalue weighted by Crippen LogP contribution is -2.46. The lowest BCUT2D eigenvalue weighted by atomic mass is 9.98. The zero-order valence-corrected chi connectivity index (χ0v) is 19.4. The van der Waals surface area contributed by atoms with Gasteiger partial charge in [-0.1, -0.05) is 48.5 Å². The van der Waals surface area contributed by atoms with Gasteiger partial charge in [-0.25, -0.2) is 9.59 Å². The van der Waals surface area contributed by atoms with Crippen LogP contribution in [0.2, 0.25) is 0 Å². The van der Waals surface area contributed by atoms with Gasteiger partial charge >= 0.3 is 12.1 Å². The number of carboxylic acid groups (broad SMARTS) is 1. The second kappa shape index (κ2) is 11.5. The van der Waals surface area contributed by atoms with E-state index in [9.17, 15) is 14.7 Å². The molecule has 1 aliphatic heterocycles. The van der Waals surface area contributed by atoms with Crippen LogP contribution in [0.15, 0.2) is 48.5 Å². The van der Waals surface area contributed by atoms with Crippen LogP contribution in [0.5, 0.6) is 0 Å². The van der Waals surface area contributed by atoms with Crippen molar-refractivity contribution in [1.82, 2.24) is 4.90 Å². The molecule has 1 heterocycles. The van der Waals surface area contributed by atoms with E-state index in [4.69, 9.17) is 18.9 Å². The van der Waals surface area contributed by atoms with Crippen LogP contribution < -0.4 is 0 Å². The van der Waals surface area contributed by atoms with Gasteiger partial charge in [0.15, 0.2) is 12.3 Å². The summed E-state index contributed by atoms with van der Waals surface area (Å²) in [5.74, 6) is -1.25. The fraction of sp³-hybridized carbons (Fsp3) is 0.462. The summed E-state index contributed by atoms with van der Waals surface area (Å²) in [6.07, 6.45) is 2.03. The van der Waals surface area contributed by atoms with Crippen LogP contribution in [0.1, 0.15) is 36.3 Å². The van der Waals surface area contributed by atoms with Crippen LogP contribution >= 0.6 is 0 Å². The van der Waals surface area contributed by atoms with Crippen LogP contribution in [0, 0.1) is 0 Å². The maximum absolute atomic E-state index is 12.7. The summed E-state index contributed by atoms with van der Waals surface area (Å²) in [5, 5.41) is 9.61. The van der Waals surface area contributed by atoms with Crippen molar-refractivity contribution in [3.63, 3.8) is 0 Å². The predicted molar refractivity (Wildman–Crippen MR) is 125 cm³/mol. The summed E-state index contributed by atoms with van der Waals surface area (Å²) >= 11 is 0. The molecule has 1 N–H and O–H groups in total. The van der Waals surface area contributed by atoms with E-state index >= 15 is 0 Å². The Kier molecular flexibility index (Phi) is 8.16. The van der Waals surface area contributed by atoms with E-state index in [1.54, 1.807) is 0 Å². The van der Waals surface area contributed by atoms with Gasteiger partial charge in [0.2, 0.25) is 0 Å². The van der Waals surface area contributed by atoms with Crippen molar-refractivity contribution in [3.8, 4) is 11.1 Å². The van der Waals surface area contributed by atoms with Crippen molar-refractivity contribution >= 4 is 12.1 Å². The Hall–Kier alpha value is -2.94. The van der Waals surface area contributed by atoms with Gasteiger partial charge in [-0.2, -0.15) is 0 Å². The van der Waals surface area contributed by atoms with Crippen LogP contribution in [0.4, 0.5) is 4.79 Å². The third-order valence-corrected chi connectivity index (χ3v) is 6.32. The Morgan fingerprint density at radius 3 is 2.35 bits per heavy atom. The van der Waals surface area contributed by atoms with Crippen molar-refractivity contribution < 1.29 is 33.6 Å². The number of hydrogen-bond acceptors (Lipinski definition) is 6. The number of nitrogens with zero attached hydrogens (tertiary/aromatic N) is 1. The van der Waals surface area contributed by atoms with Crippen molar-refractivity contribution in [2.75, 3.05) is 40.1 Å². The van der Waals surface area contributed by atoms with E-state index in [0.717, 1.165) is 46.4 Å². The third kappa shape index (κ3) is 5.58. The van der Waals surface area contributed by atoms with E-state index in [2.05, 4.69) is 12.1 Å². The normalized spacial score (nSPS) is 18.1. The zero-order valence-electron chi connectivity index (χ0n) is 19.4. The smallest absolute Gasteiger partial charge is 0.410 e. The van der Waals surface area contributed by atoms with Crippen molar-refractivity contribution in [2.24, 2.45) is 0 Å². The molecule has 8 heteroatoms. The predicted octanol–water partition coefficient (Wildman–Crippen LogP) is 3.88. The third-order valence-electron chi connectivity index (χ3n) is 6.32. The first-order valence-corrected chi connectivity index (χ1v) is 11.7. The first kappa shape index (κ1) is 24.2. The molecule has 0 aromatic heterocycles. The van der Waals surface area contributed by atoms with Gasteiger partial charge in [-0.3, -0.25) is 4.90 Å². The molecule has 1 fully saturated rings. The fourth-order valence-corrected chi connectivity index (χ4v) is 4.45. The Labute approximate surface area is 199 Å². The molecule has 2 aliphatic rings. The fourth-order valence-electron chi connectivity index (χ4n) is 4.45. The number of carbonyl (C=O) groups is 2. The van der Waals surface area contributed by atoms with Crippen molar-refractivity contribution in [1.29, 1.82) is 0 Å². The number of rotatable bonds is 10. The highest BCUT2D eigenvalue weighted by atomic mass is 16.7. The van der Waals surface area contributed by atoms with Crippen LogP contribution in [-0.2, 0) is 23.7 Å². The summed E-state index contributed by atoms with van der Waals surface area (Å²) < 4.78 is 22.1. The number of carboxylic acids is 1. The van der Waals surface area contributed by atoms with E-state index in [0.29, 0.717) is 13.2 Å². The summed E-state index contributed by atoms with van der Waals surface area (Å²) in [4.78, 5) is 25.5. The maximum Gasteiger partial charge on any atom is 0.410 e. The maximum atomic E-state index is 12.7. The van der Waals surface area contributed by atoms with Gasteiger partial charge in [0.05, 0.1) is 19.8 Å². The molecule has 4 rings (SSSR count). The van der Waals surface area contributed by atoms with Gasteiger partial charge < -0.3 is 24.1 Å². The van der Waals surface area contributed by atoms with Gasteiger partial charge in [-0.15, -0.1) is 0 Å². The summed E-state index contributed by atoms with van der Waals surface area (Å²) in [7, 11) is 1.41. The number of benzene rings is 2. The lowest BCUT2D eigenvalue weighted by Gasteiger charge is -2.25. The van der Waals surface area contributed by atoms with Gasteiger partial charge in [0.1, 0.15) is 6.61 Å². The van der Waals surface area contributed by atoms with E-state index < -0.39 is 18.1 Å². The molecule has 2 atom stereocenters. The molecule has 1 saturated heterocycles. The van der Waals surface area contributed by atoms with Gasteiger partial charge in [-0.05, 0) is 41.5 Å².